The second kappa shape index (κ2) is 13.1. The Morgan fingerprint density at radius 1 is 0.857 bits per heavy atom. The van der Waals surface area contributed by atoms with Crippen LogP contribution in [0.4, 0.5) is 17.1 Å². The Morgan fingerprint density at radius 2 is 1.55 bits per heavy atom. The van der Waals surface area contributed by atoms with E-state index in [1.165, 1.54) is 73.0 Å². The highest BCUT2D eigenvalue weighted by Crippen LogP contribution is 2.23. The van der Waals surface area contributed by atoms with Gasteiger partial charge < -0.3 is 14.5 Å². The Kier molecular flexibility index (Phi) is 8.89. The molecule has 0 saturated heterocycles. The minimum atomic E-state index is -0.833. The van der Waals surface area contributed by atoms with Crippen molar-refractivity contribution in [1.29, 1.82) is 0 Å². The number of nitro groups is 2. The van der Waals surface area contributed by atoms with Gasteiger partial charge in [-0.3, -0.25) is 29.8 Å². The number of hydrogen-bond donors (Lipinski definition) is 2. The molecule has 2 amide bonds. The molecule has 4 rings (SSSR count). The molecule has 0 aliphatic carbocycles. The smallest absolute Gasteiger partial charge is 0.336 e. The molecule has 3 aromatic carbocycles. The van der Waals surface area contributed by atoms with Gasteiger partial charge in [0.1, 0.15) is 5.75 Å². The van der Waals surface area contributed by atoms with E-state index < -0.39 is 27.6 Å². The van der Waals surface area contributed by atoms with Crippen molar-refractivity contribution >= 4 is 47.1 Å². The number of esters is 1. The number of nitrogens with one attached hydrogen (secondary N) is 2. The quantitative estimate of drug-likeness (QED) is 0.0677. The maximum atomic E-state index is 12.5. The van der Waals surface area contributed by atoms with E-state index in [9.17, 15) is 34.6 Å². The van der Waals surface area contributed by atoms with Gasteiger partial charge in [-0.1, -0.05) is 0 Å². The molecule has 2 N–H and O–H groups in total. The summed E-state index contributed by atoms with van der Waals surface area (Å²) in [5.74, 6) is -1.87. The minimum absolute atomic E-state index is 0.0255. The van der Waals surface area contributed by atoms with Crippen LogP contribution in [0.2, 0.25) is 0 Å². The number of anilines is 1. The molecule has 1 heterocycles. The summed E-state index contributed by atoms with van der Waals surface area (Å²) in [6.45, 7) is 0. The first-order chi connectivity index (χ1) is 20.2. The van der Waals surface area contributed by atoms with Gasteiger partial charge in [0.25, 0.3) is 23.2 Å². The van der Waals surface area contributed by atoms with Crippen LogP contribution in [0.3, 0.4) is 0 Å². The molecular formula is C28H19N5O9. The zero-order valence-corrected chi connectivity index (χ0v) is 21.3. The van der Waals surface area contributed by atoms with E-state index in [1.807, 2.05) is 0 Å². The third-order valence-corrected chi connectivity index (χ3v) is 5.45. The van der Waals surface area contributed by atoms with Crippen LogP contribution in [0, 0.1) is 20.2 Å². The van der Waals surface area contributed by atoms with Crippen molar-refractivity contribution in [2.75, 3.05) is 5.32 Å². The highest BCUT2D eigenvalue weighted by atomic mass is 16.6. The number of nitro benzene ring substituents is 2. The van der Waals surface area contributed by atoms with Crippen LogP contribution < -0.4 is 15.5 Å². The SMILES string of the molecule is O=C(/C=C/c1ccc([N+](=O)[O-])cc1)Oc1ccc([N+](=O)[O-])cc1/C=N/NC(=O)c1ccc(NC(=O)c2ccco2)cc1. The summed E-state index contributed by atoms with van der Waals surface area (Å²) in [5, 5.41) is 28.4. The zero-order valence-electron chi connectivity index (χ0n) is 21.3. The number of furan rings is 1. The summed E-state index contributed by atoms with van der Waals surface area (Å²) >= 11 is 0. The molecule has 14 heteroatoms. The van der Waals surface area contributed by atoms with Gasteiger partial charge >= 0.3 is 5.97 Å². The third kappa shape index (κ3) is 7.57. The molecule has 0 aliphatic heterocycles. The number of carbonyl (C=O) groups is 3. The number of rotatable bonds is 10. The van der Waals surface area contributed by atoms with Crippen LogP contribution >= 0.6 is 0 Å². The lowest BCUT2D eigenvalue weighted by atomic mass is 10.2. The van der Waals surface area contributed by atoms with E-state index in [-0.39, 0.29) is 34.0 Å². The van der Waals surface area contributed by atoms with Gasteiger partial charge in [-0.25, -0.2) is 10.2 Å². The van der Waals surface area contributed by atoms with Crippen LogP contribution in [0.1, 0.15) is 32.0 Å². The van der Waals surface area contributed by atoms with Gasteiger partial charge in [-0.15, -0.1) is 0 Å². The molecular weight excluding hydrogens is 550 g/mol. The fourth-order valence-corrected chi connectivity index (χ4v) is 3.39. The number of benzene rings is 3. The fraction of sp³-hybridized carbons (Fsp3) is 0. The first kappa shape index (κ1) is 28.6. The van der Waals surface area contributed by atoms with E-state index >= 15 is 0 Å². The highest BCUT2D eigenvalue weighted by Gasteiger charge is 2.14. The third-order valence-electron chi connectivity index (χ3n) is 5.45. The van der Waals surface area contributed by atoms with Crippen molar-refractivity contribution in [2.24, 2.45) is 5.10 Å². The Balaban J connectivity index is 1.41. The van der Waals surface area contributed by atoms with Crippen molar-refractivity contribution < 1.29 is 33.4 Å². The molecule has 42 heavy (non-hydrogen) atoms. The fourth-order valence-electron chi connectivity index (χ4n) is 3.39. The second-order valence-corrected chi connectivity index (χ2v) is 8.29. The van der Waals surface area contributed by atoms with Gasteiger partial charge in [0, 0.05) is 47.2 Å². The summed E-state index contributed by atoms with van der Waals surface area (Å²) in [7, 11) is 0. The predicted octanol–water partition coefficient (Wildman–Crippen LogP) is 4.73. The van der Waals surface area contributed by atoms with Gasteiger partial charge in [0.15, 0.2) is 5.76 Å². The first-order valence-electron chi connectivity index (χ1n) is 11.9. The lowest BCUT2D eigenvalue weighted by Gasteiger charge is -2.06. The zero-order chi connectivity index (χ0) is 30.1. The second-order valence-electron chi connectivity index (χ2n) is 8.29. The van der Waals surface area contributed by atoms with Crippen molar-refractivity contribution in [2.45, 2.75) is 0 Å². The van der Waals surface area contributed by atoms with E-state index in [1.54, 1.807) is 6.07 Å². The Labute approximate surface area is 236 Å². The van der Waals surface area contributed by atoms with Crippen molar-refractivity contribution in [3.05, 3.63) is 134 Å². The monoisotopic (exact) mass is 569 g/mol. The van der Waals surface area contributed by atoms with Crippen molar-refractivity contribution in [3.8, 4) is 5.75 Å². The molecule has 0 atom stereocenters. The molecule has 0 bridgehead atoms. The Bertz CT molecular complexity index is 1690. The topological polar surface area (TPSA) is 196 Å². The number of non-ortho nitro benzene ring substituents is 2. The molecule has 0 radical (unpaired) electrons. The maximum absolute atomic E-state index is 12.5. The van der Waals surface area contributed by atoms with E-state index in [0.717, 1.165) is 24.4 Å². The lowest BCUT2D eigenvalue weighted by molar-refractivity contribution is -0.385. The first-order valence-corrected chi connectivity index (χ1v) is 11.9. The van der Waals surface area contributed by atoms with Crippen molar-refractivity contribution in [1.82, 2.24) is 5.43 Å². The largest absolute Gasteiger partial charge is 0.459 e. The van der Waals surface area contributed by atoms with E-state index in [0.29, 0.717) is 11.3 Å². The number of amides is 2. The van der Waals surface area contributed by atoms with Gasteiger partial charge in [0.05, 0.1) is 22.3 Å². The van der Waals surface area contributed by atoms with Crippen LogP contribution in [-0.2, 0) is 4.79 Å². The molecule has 0 spiro atoms. The number of hydrogen-bond acceptors (Lipinski definition) is 10. The number of hydrazone groups is 1. The summed E-state index contributed by atoms with van der Waals surface area (Å²) in [5.41, 5.74) is 3.00. The number of carbonyl (C=O) groups excluding carboxylic acids is 3. The van der Waals surface area contributed by atoms with Gasteiger partial charge in [0.2, 0.25) is 0 Å². The summed E-state index contributed by atoms with van der Waals surface area (Å²) < 4.78 is 10.3. The van der Waals surface area contributed by atoms with Crippen LogP contribution in [-0.4, -0.2) is 33.8 Å². The van der Waals surface area contributed by atoms with Crippen LogP contribution in [0.15, 0.2) is 101 Å². The average molecular weight is 569 g/mol. The maximum Gasteiger partial charge on any atom is 0.336 e. The molecule has 14 nitrogen and oxygen atoms in total. The van der Waals surface area contributed by atoms with Gasteiger partial charge in [-0.2, -0.15) is 5.10 Å². The summed E-state index contributed by atoms with van der Waals surface area (Å²) in [6.07, 6.45) is 4.89. The summed E-state index contributed by atoms with van der Waals surface area (Å²) in [4.78, 5) is 57.7. The molecule has 1 aromatic heterocycles. The molecule has 210 valence electrons. The molecule has 0 unspecified atom stereocenters. The van der Waals surface area contributed by atoms with Crippen molar-refractivity contribution in [3.63, 3.8) is 0 Å². The molecule has 0 aliphatic rings. The van der Waals surface area contributed by atoms with E-state index in [2.05, 4.69) is 15.8 Å². The van der Waals surface area contributed by atoms with Crippen LogP contribution in [0.5, 0.6) is 5.75 Å². The number of nitrogens with zero attached hydrogens (tertiary/aromatic N) is 3. The lowest BCUT2D eigenvalue weighted by Crippen LogP contribution is -2.18. The molecule has 4 aromatic rings. The molecule has 0 fully saturated rings. The average Bonchev–Trinajstić information content (AvgIpc) is 3.53. The minimum Gasteiger partial charge on any atom is -0.459 e. The standard InChI is InChI=1S/C28H19N5O9/c34-26(14-5-18-3-10-22(11-4-18)32(37)38)42-24-13-12-23(33(39)40)16-20(24)17-29-31-27(35)19-6-8-21(9-7-19)30-28(36)25-2-1-15-41-25/h1-17H,(H,30,36)(H,31,35)/b14-5+,29-17+. The van der Waals surface area contributed by atoms with Crippen LogP contribution in [0.25, 0.3) is 6.08 Å². The highest BCUT2D eigenvalue weighted by molar-refractivity contribution is 6.02. The van der Waals surface area contributed by atoms with E-state index in [4.69, 9.17) is 9.15 Å². The van der Waals surface area contributed by atoms with Gasteiger partial charge in [-0.05, 0) is 66.2 Å². The number of ether oxygens (including phenoxy) is 1. The normalized spacial score (nSPS) is 10.9. The predicted molar refractivity (Wildman–Crippen MR) is 149 cm³/mol. The Morgan fingerprint density at radius 3 is 2.19 bits per heavy atom. The molecule has 0 saturated carbocycles. The summed E-state index contributed by atoms with van der Waals surface area (Å²) in [6, 6.07) is 17.8. The Hall–Kier alpha value is -6.44.